The Hall–Kier alpha value is -3.91. The lowest BCUT2D eigenvalue weighted by molar-refractivity contribution is -0.275. The number of para-hydroxylation sites is 2. The summed E-state index contributed by atoms with van der Waals surface area (Å²) >= 11 is 0. The quantitative estimate of drug-likeness (QED) is 0.442. The molecule has 2 aromatic carbocycles. The molecule has 0 bridgehead atoms. The first kappa shape index (κ1) is 24.7. The highest BCUT2D eigenvalue weighted by Gasteiger charge is 2.41. The number of nitrogens with one attached hydrogen (secondary N) is 1. The Labute approximate surface area is 183 Å². The second-order valence-corrected chi connectivity index (χ2v) is 6.36. The summed E-state index contributed by atoms with van der Waals surface area (Å²) in [7, 11) is 0. The van der Waals surface area contributed by atoms with E-state index in [2.05, 4.69) is 14.6 Å². The normalized spacial score (nSPS) is 12.4. The van der Waals surface area contributed by atoms with Crippen molar-refractivity contribution in [2.45, 2.75) is 18.9 Å². The zero-order chi connectivity index (χ0) is 25.3. The molecule has 0 fully saturated rings. The van der Waals surface area contributed by atoms with Gasteiger partial charge in [0.15, 0.2) is 11.4 Å². The van der Waals surface area contributed by atoms with E-state index >= 15 is 0 Å². The Morgan fingerprint density at radius 2 is 1.41 bits per heavy atom. The zero-order valence-corrected chi connectivity index (χ0v) is 16.2. The van der Waals surface area contributed by atoms with Crippen molar-refractivity contribution in [2.75, 3.05) is 5.32 Å². The molecule has 1 heterocycles. The number of carbonyl (C=O) groups is 1. The number of alkyl halides is 9. The lowest BCUT2D eigenvalue weighted by Gasteiger charge is -2.15. The summed E-state index contributed by atoms with van der Waals surface area (Å²) in [6, 6.07) is 7.27. The average molecular weight is 499 g/mol. The maximum Gasteiger partial charge on any atom is 0.573 e. The van der Waals surface area contributed by atoms with Gasteiger partial charge in [-0.2, -0.15) is 18.3 Å². The predicted molar refractivity (Wildman–Crippen MR) is 96.3 cm³/mol. The highest BCUT2D eigenvalue weighted by molar-refractivity contribution is 6.05. The first-order valence-electron chi connectivity index (χ1n) is 8.81. The predicted octanol–water partition coefficient (Wildman–Crippen LogP) is 5.94. The fraction of sp³-hybridized carbons (Fsp3) is 0.158. The number of ether oxygens (including phenoxy) is 2. The van der Waals surface area contributed by atoms with Crippen LogP contribution < -0.4 is 14.8 Å². The maximum atomic E-state index is 13.7. The second-order valence-electron chi connectivity index (χ2n) is 6.36. The van der Waals surface area contributed by atoms with Gasteiger partial charge in [0.05, 0.1) is 23.1 Å². The molecule has 1 N–H and O–H groups in total. The standard InChI is InChI=1S/C19H10F9N3O3/c20-17(21,22)15-12(16(32)30-13-3-1-2-4-14(13)34-19(26,27)28)9-29-31(15)10-5-7-11(8-6-10)33-18(23,24)25/h1-9H,(H,30,32). The number of hydrogen-bond donors (Lipinski definition) is 1. The van der Waals surface area contributed by atoms with Crippen LogP contribution >= 0.6 is 0 Å². The van der Waals surface area contributed by atoms with Crippen LogP contribution in [-0.4, -0.2) is 28.4 Å². The molecule has 0 atom stereocenters. The molecule has 0 saturated heterocycles. The van der Waals surface area contributed by atoms with Gasteiger partial charge < -0.3 is 14.8 Å². The molecule has 15 heteroatoms. The number of nitrogens with zero attached hydrogens (tertiary/aromatic N) is 2. The van der Waals surface area contributed by atoms with E-state index in [1.54, 1.807) is 0 Å². The average Bonchev–Trinajstić information content (AvgIpc) is 3.13. The highest BCUT2D eigenvalue weighted by atomic mass is 19.4. The zero-order valence-electron chi connectivity index (χ0n) is 16.2. The molecule has 0 aliphatic rings. The summed E-state index contributed by atoms with van der Waals surface area (Å²) < 4.78 is 123. The molecule has 0 radical (unpaired) electrons. The first-order chi connectivity index (χ1) is 15.6. The van der Waals surface area contributed by atoms with E-state index in [-0.39, 0.29) is 10.4 Å². The molecule has 182 valence electrons. The van der Waals surface area contributed by atoms with Crippen molar-refractivity contribution in [3.63, 3.8) is 0 Å². The van der Waals surface area contributed by atoms with Crippen LogP contribution in [0.2, 0.25) is 0 Å². The van der Waals surface area contributed by atoms with Crippen LogP contribution in [0.25, 0.3) is 5.69 Å². The number of anilines is 1. The first-order valence-corrected chi connectivity index (χ1v) is 8.81. The fourth-order valence-corrected chi connectivity index (χ4v) is 2.75. The number of amides is 1. The lowest BCUT2D eigenvalue weighted by Crippen LogP contribution is -2.22. The van der Waals surface area contributed by atoms with E-state index in [1.807, 2.05) is 5.32 Å². The minimum atomic E-state index is -5.19. The van der Waals surface area contributed by atoms with E-state index in [0.29, 0.717) is 6.20 Å². The molecule has 34 heavy (non-hydrogen) atoms. The third kappa shape index (κ3) is 6.11. The topological polar surface area (TPSA) is 65.4 Å². The minimum Gasteiger partial charge on any atom is -0.406 e. The van der Waals surface area contributed by atoms with Crippen molar-refractivity contribution in [1.82, 2.24) is 9.78 Å². The van der Waals surface area contributed by atoms with Gasteiger partial charge in [-0.05, 0) is 36.4 Å². The molecule has 0 unspecified atom stereocenters. The summed E-state index contributed by atoms with van der Waals surface area (Å²) in [6.45, 7) is 0. The molecule has 3 rings (SSSR count). The molecule has 0 spiro atoms. The van der Waals surface area contributed by atoms with Crippen LogP contribution in [-0.2, 0) is 6.18 Å². The molecule has 1 aromatic heterocycles. The van der Waals surface area contributed by atoms with E-state index < -0.39 is 53.3 Å². The van der Waals surface area contributed by atoms with E-state index in [0.717, 1.165) is 42.5 Å². The molecule has 0 aliphatic carbocycles. The summed E-state index contributed by atoms with van der Waals surface area (Å²) in [4.78, 5) is 12.5. The summed E-state index contributed by atoms with van der Waals surface area (Å²) in [6.07, 6.45) is -14.8. The molecule has 1 amide bonds. The number of aromatic nitrogens is 2. The van der Waals surface area contributed by atoms with Gasteiger partial charge in [0.2, 0.25) is 0 Å². The van der Waals surface area contributed by atoms with Crippen LogP contribution in [0.3, 0.4) is 0 Å². The largest absolute Gasteiger partial charge is 0.573 e. The Bertz CT molecular complexity index is 1170. The number of halogens is 9. The van der Waals surface area contributed by atoms with Crippen LogP contribution in [0.15, 0.2) is 54.7 Å². The van der Waals surface area contributed by atoms with Gasteiger partial charge in [0, 0.05) is 0 Å². The summed E-state index contributed by atoms with van der Waals surface area (Å²) in [5.74, 6) is -3.05. The number of rotatable bonds is 5. The third-order valence-corrected chi connectivity index (χ3v) is 3.96. The third-order valence-electron chi connectivity index (χ3n) is 3.96. The van der Waals surface area contributed by atoms with Crippen LogP contribution in [0, 0.1) is 0 Å². The smallest absolute Gasteiger partial charge is 0.406 e. The monoisotopic (exact) mass is 499 g/mol. The highest BCUT2D eigenvalue weighted by Crippen LogP contribution is 2.36. The van der Waals surface area contributed by atoms with Gasteiger partial charge in [-0.15, -0.1) is 26.3 Å². The van der Waals surface area contributed by atoms with Gasteiger partial charge >= 0.3 is 18.9 Å². The van der Waals surface area contributed by atoms with Crippen LogP contribution in [0.1, 0.15) is 16.1 Å². The van der Waals surface area contributed by atoms with Crippen LogP contribution in [0.4, 0.5) is 45.2 Å². The molecule has 3 aromatic rings. The van der Waals surface area contributed by atoms with Gasteiger partial charge in [-0.25, -0.2) is 4.68 Å². The van der Waals surface area contributed by atoms with Crippen molar-refractivity contribution < 1.29 is 53.8 Å². The van der Waals surface area contributed by atoms with Gasteiger partial charge in [-0.3, -0.25) is 4.79 Å². The second kappa shape index (κ2) is 8.79. The van der Waals surface area contributed by atoms with Crippen molar-refractivity contribution in [1.29, 1.82) is 0 Å². The fourth-order valence-electron chi connectivity index (χ4n) is 2.75. The number of carbonyl (C=O) groups excluding carboxylic acids is 1. The van der Waals surface area contributed by atoms with Gasteiger partial charge in [0.25, 0.3) is 5.91 Å². The maximum absolute atomic E-state index is 13.7. The van der Waals surface area contributed by atoms with E-state index in [4.69, 9.17) is 0 Å². The lowest BCUT2D eigenvalue weighted by atomic mass is 10.2. The SMILES string of the molecule is O=C(Nc1ccccc1OC(F)(F)F)c1cnn(-c2ccc(OC(F)(F)F)cc2)c1C(F)(F)F. The van der Waals surface area contributed by atoms with E-state index in [9.17, 15) is 44.3 Å². The summed E-state index contributed by atoms with van der Waals surface area (Å²) in [5.41, 5.74) is -3.63. The van der Waals surface area contributed by atoms with Crippen LogP contribution in [0.5, 0.6) is 11.5 Å². The Morgan fingerprint density at radius 3 is 1.97 bits per heavy atom. The molecule has 0 saturated carbocycles. The molecular weight excluding hydrogens is 489 g/mol. The molecular formula is C19H10F9N3O3. The summed E-state index contributed by atoms with van der Waals surface area (Å²) in [5, 5.41) is 5.36. The Morgan fingerprint density at radius 1 is 0.824 bits per heavy atom. The van der Waals surface area contributed by atoms with Crippen molar-refractivity contribution >= 4 is 11.6 Å². The van der Waals surface area contributed by atoms with Gasteiger partial charge in [0.1, 0.15) is 5.75 Å². The number of benzene rings is 2. The Kier molecular flexibility index (Phi) is 6.40. The molecule has 6 nitrogen and oxygen atoms in total. The van der Waals surface area contributed by atoms with Crippen molar-refractivity contribution in [2.24, 2.45) is 0 Å². The van der Waals surface area contributed by atoms with Crippen molar-refractivity contribution in [3.05, 3.63) is 66.0 Å². The van der Waals surface area contributed by atoms with Crippen molar-refractivity contribution in [3.8, 4) is 17.2 Å². The minimum absolute atomic E-state index is 0.240. The number of hydrogen-bond acceptors (Lipinski definition) is 4. The van der Waals surface area contributed by atoms with E-state index in [1.165, 1.54) is 6.07 Å². The Balaban J connectivity index is 1.95. The molecule has 0 aliphatic heterocycles. The van der Waals surface area contributed by atoms with Gasteiger partial charge in [-0.1, -0.05) is 12.1 Å².